The molecule has 0 unspecified atom stereocenters. The molecule has 0 aromatic heterocycles. The fourth-order valence-corrected chi connectivity index (χ4v) is 4.09. The summed E-state index contributed by atoms with van der Waals surface area (Å²) in [6, 6.07) is 15.5. The zero-order chi connectivity index (χ0) is 19.9. The average molecular weight is 391 g/mol. The fourth-order valence-electron chi connectivity index (χ4n) is 2.88. The van der Waals surface area contributed by atoms with Crippen LogP contribution < -0.4 is 14.4 Å². The lowest BCUT2D eigenvalue weighted by Crippen LogP contribution is -2.49. The van der Waals surface area contributed by atoms with E-state index in [0.717, 1.165) is 17.6 Å². The Kier molecular flexibility index (Phi) is 7.24. The van der Waals surface area contributed by atoms with E-state index in [1.54, 1.807) is 44.4 Å². The number of carbonyl (C=O) groups is 1. The van der Waals surface area contributed by atoms with Crippen molar-refractivity contribution in [2.24, 2.45) is 0 Å². The molecule has 0 fully saturated rings. The number of amides is 1. The minimum atomic E-state index is -3.60. The van der Waals surface area contributed by atoms with Crippen LogP contribution in [0.15, 0.2) is 54.6 Å². The molecule has 1 atom stereocenters. The van der Waals surface area contributed by atoms with Gasteiger partial charge in [0.25, 0.3) is 0 Å². The summed E-state index contributed by atoms with van der Waals surface area (Å²) < 4.78 is 31.0. The highest BCUT2D eigenvalue weighted by Gasteiger charge is 2.31. The van der Waals surface area contributed by atoms with Crippen LogP contribution in [-0.2, 0) is 21.2 Å². The standard InChI is InChI=1S/C20H26N2O4S/c1-4-19(22(27(3,24)25)17-8-6-5-7-9-17)20(23)21-15-14-16-10-12-18(26-2)13-11-16/h5-13,19H,4,14-15H2,1-3H3,(H,21,23)/t19-/m1/s1. The van der Waals surface area contributed by atoms with E-state index in [4.69, 9.17) is 4.74 Å². The number of hydrogen-bond donors (Lipinski definition) is 1. The molecule has 2 aromatic carbocycles. The first-order chi connectivity index (χ1) is 12.9. The van der Waals surface area contributed by atoms with E-state index in [2.05, 4.69) is 5.32 Å². The molecule has 0 saturated carbocycles. The summed E-state index contributed by atoms with van der Waals surface area (Å²) in [7, 11) is -1.99. The molecule has 27 heavy (non-hydrogen) atoms. The number of carbonyl (C=O) groups excluding carboxylic acids is 1. The van der Waals surface area contributed by atoms with E-state index in [-0.39, 0.29) is 5.91 Å². The van der Waals surface area contributed by atoms with Crippen molar-refractivity contribution < 1.29 is 17.9 Å². The minimum Gasteiger partial charge on any atom is -0.497 e. The molecular weight excluding hydrogens is 364 g/mol. The van der Waals surface area contributed by atoms with E-state index < -0.39 is 16.1 Å². The predicted octanol–water partition coefficient (Wildman–Crippen LogP) is 2.60. The quantitative estimate of drug-likeness (QED) is 0.714. The van der Waals surface area contributed by atoms with Crippen molar-refractivity contribution in [1.82, 2.24) is 5.32 Å². The van der Waals surface area contributed by atoms with Crippen molar-refractivity contribution in [3.63, 3.8) is 0 Å². The molecule has 7 heteroatoms. The van der Waals surface area contributed by atoms with Gasteiger partial charge in [-0.2, -0.15) is 0 Å². The number of anilines is 1. The molecule has 6 nitrogen and oxygen atoms in total. The Labute approximate surface area is 161 Å². The van der Waals surface area contributed by atoms with Crippen LogP contribution in [0.1, 0.15) is 18.9 Å². The maximum absolute atomic E-state index is 12.7. The minimum absolute atomic E-state index is 0.305. The molecule has 0 bridgehead atoms. The van der Waals surface area contributed by atoms with Crippen molar-refractivity contribution in [1.29, 1.82) is 0 Å². The summed E-state index contributed by atoms with van der Waals surface area (Å²) in [5, 5.41) is 2.86. The highest BCUT2D eigenvalue weighted by Crippen LogP contribution is 2.22. The summed E-state index contributed by atoms with van der Waals surface area (Å²) in [6.07, 6.45) is 2.14. The van der Waals surface area contributed by atoms with Gasteiger partial charge in [0, 0.05) is 6.54 Å². The number of ether oxygens (including phenoxy) is 1. The molecule has 1 N–H and O–H groups in total. The molecule has 2 rings (SSSR count). The molecular formula is C20H26N2O4S. The first-order valence-electron chi connectivity index (χ1n) is 8.82. The average Bonchev–Trinajstić information content (AvgIpc) is 2.66. The van der Waals surface area contributed by atoms with E-state index in [1.807, 2.05) is 24.3 Å². The second-order valence-electron chi connectivity index (χ2n) is 6.21. The van der Waals surface area contributed by atoms with Crippen molar-refractivity contribution in [3.8, 4) is 5.75 Å². The summed E-state index contributed by atoms with van der Waals surface area (Å²) in [5.41, 5.74) is 1.55. The normalized spacial score (nSPS) is 12.3. The number of hydrogen-bond acceptors (Lipinski definition) is 4. The Morgan fingerprint density at radius 1 is 1.11 bits per heavy atom. The van der Waals surface area contributed by atoms with Gasteiger partial charge in [-0.15, -0.1) is 0 Å². The lowest BCUT2D eigenvalue weighted by molar-refractivity contribution is -0.122. The van der Waals surface area contributed by atoms with Gasteiger partial charge in [-0.25, -0.2) is 8.42 Å². The molecule has 146 valence electrons. The predicted molar refractivity (Wildman–Crippen MR) is 108 cm³/mol. The zero-order valence-corrected chi connectivity index (χ0v) is 16.7. The third-order valence-electron chi connectivity index (χ3n) is 4.21. The zero-order valence-electron chi connectivity index (χ0n) is 15.9. The monoisotopic (exact) mass is 390 g/mol. The number of benzene rings is 2. The summed E-state index contributed by atoms with van der Waals surface area (Å²) in [4.78, 5) is 12.7. The SMILES string of the molecule is CC[C@H](C(=O)NCCc1ccc(OC)cc1)N(c1ccccc1)S(C)(=O)=O. The van der Waals surface area contributed by atoms with Gasteiger partial charge in [0.2, 0.25) is 15.9 Å². The van der Waals surface area contributed by atoms with Crippen molar-refractivity contribution in [3.05, 3.63) is 60.2 Å². The third-order valence-corrected chi connectivity index (χ3v) is 5.39. The second-order valence-corrected chi connectivity index (χ2v) is 8.07. The largest absolute Gasteiger partial charge is 0.497 e. The van der Waals surface area contributed by atoms with Crippen LogP contribution in [0.5, 0.6) is 5.75 Å². The highest BCUT2D eigenvalue weighted by atomic mass is 32.2. The highest BCUT2D eigenvalue weighted by molar-refractivity contribution is 7.92. The summed E-state index contributed by atoms with van der Waals surface area (Å²) in [6.45, 7) is 2.23. The number of sulfonamides is 1. The number of para-hydroxylation sites is 1. The van der Waals surface area contributed by atoms with E-state index in [1.165, 1.54) is 4.31 Å². The smallest absolute Gasteiger partial charge is 0.243 e. The second kappa shape index (κ2) is 9.41. The Bertz CT molecular complexity index is 836. The first-order valence-corrected chi connectivity index (χ1v) is 10.7. The number of methoxy groups -OCH3 is 1. The number of nitrogens with zero attached hydrogens (tertiary/aromatic N) is 1. The fraction of sp³-hybridized carbons (Fsp3) is 0.350. The lowest BCUT2D eigenvalue weighted by atomic mass is 10.1. The summed E-state index contributed by atoms with van der Waals surface area (Å²) in [5.74, 6) is 0.473. The molecule has 2 aromatic rings. The van der Waals surface area contributed by atoms with Crippen LogP contribution in [0, 0.1) is 0 Å². The topological polar surface area (TPSA) is 75.7 Å². The van der Waals surface area contributed by atoms with Crippen LogP contribution in [0.4, 0.5) is 5.69 Å². The first kappa shape index (κ1) is 20.8. The Morgan fingerprint density at radius 2 is 1.74 bits per heavy atom. The van der Waals surface area contributed by atoms with Crippen LogP contribution in [0.3, 0.4) is 0 Å². The van der Waals surface area contributed by atoms with Gasteiger partial charge < -0.3 is 10.1 Å². The molecule has 0 spiro atoms. The van der Waals surface area contributed by atoms with Crippen LogP contribution >= 0.6 is 0 Å². The molecule has 0 aliphatic heterocycles. The molecule has 0 heterocycles. The van der Waals surface area contributed by atoms with Crippen molar-refractivity contribution in [2.45, 2.75) is 25.8 Å². The number of rotatable bonds is 9. The Morgan fingerprint density at radius 3 is 2.26 bits per heavy atom. The Balaban J connectivity index is 2.06. The van der Waals surface area contributed by atoms with Crippen molar-refractivity contribution in [2.75, 3.05) is 24.2 Å². The maximum Gasteiger partial charge on any atom is 0.243 e. The van der Waals surface area contributed by atoms with E-state index >= 15 is 0 Å². The molecule has 0 saturated heterocycles. The van der Waals surface area contributed by atoms with E-state index in [0.29, 0.717) is 25.1 Å². The van der Waals surface area contributed by atoms with Gasteiger partial charge in [0.05, 0.1) is 19.1 Å². The molecule has 1 amide bonds. The third kappa shape index (κ3) is 5.72. The summed E-state index contributed by atoms with van der Waals surface area (Å²) >= 11 is 0. The number of nitrogens with one attached hydrogen (secondary N) is 1. The van der Waals surface area contributed by atoms with Crippen LogP contribution in [0.2, 0.25) is 0 Å². The molecule has 0 aliphatic rings. The van der Waals surface area contributed by atoms with Gasteiger partial charge in [0.15, 0.2) is 0 Å². The van der Waals surface area contributed by atoms with Crippen molar-refractivity contribution >= 4 is 21.6 Å². The van der Waals surface area contributed by atoms with E-state index in [9.17, 15) is 13.2 Å². The maximum atomic E-state index is 12.7. The van der Waals surface area contributed by atoms with Crippen LogP contribution in [0.25, 0.3) is 0 Å². The van der Waals surface area contributed by atoms with Gasteiger partial charge in [-0.3, -0.25) is 9.10 Å². The Hall–Kier alpha value is -2.54. The molecule has 0 radical (unpaired) electrons. The van der Waals surface area contributed by atoms with Gasteiger partial charge >= 0.3 is 0 Å². The molecule has 0 aliphatic carbocycles. The van der Waals surface area contributed by atoms with Gasteiger partial charge in [-0.1, -0.05) is 37.3 Å². The van der Waals surface area contributed by atoms with Gasteiger partial charge in [-0.05, 0) is 42.7 Å². The van der Waals surface area contributed by atoms with Gasteiger partial charge in [0.1, 0.15) is 11.8 Å². The van der Waals surface area contributed by atoms with Crippen LogP contribution in [-0.4, -0.2) is 40.3 Å². The lowest BCUT2D eigenvalue weighted by Gasteiger charge is -2.30.